The summed E-state index contributed by atoms with van der Waals surface area (Å²) in [6.45, 7) is 0. The van der Waals surface area contributed by atoms with Crippen LogP contribution in [0.5, 0.6) is 11.5 Å². The predicted molar refractivity (Wildman–Crippen MR) is 85.6 cm³/mol. The van der Waals surface area contributed by atoms with Crippen LogP contribution in [0.1, 0.15) is 0 Å². The van der Waals surface area contributed by atoms with Gasteiger partial charge in [0.2, 0.25) is 0 Å². The number of nitrogen functional groups attached to an aromatic ring is 1. The fourth-order valence-corrected chi connectivity index (χ4v) is 2.66. The molecule has 0 amide bonds. The minimum absolute atomic E-state index is 0.740. The van der Waals surface area contributed by atoms with E-state index in [9.17, 15) is 0 Å². The quantitative estimate of drug-likeness (QED) is 0.504. The van der Waals surface area contributed by atoms with Crippen LogP contribution in [-0.4, -0.2) is 0 Å². The molecular formula is C18H14N2O. The minimum Gasteiger partial charge on any atom is -0.453 e. The van der Waals surface area contributed by atoms with Crippen molar-refractivity contribution >= 4 is 22.7 Å². The Hall–Kier alpha value is -2.94. The van der Waals surface area contributed by atoms with Crippen molar-refractivity contribution in [2.24, 2.45) is 0 Å². The second kappa shape index (κ2) is 4.56. The Morgan fingerprint density at radius 3 is 1.67 bits per heavy atom. The molecule has 3 aromatic rings. The molecular weight excluding hydrogens is 260 g/mol. The van der Waals surface area contributed by atoms with Gasteiger partial charge >= 0.3 is 0 Å². The second-order valence-corrected chi connectivity index (χ2v) is 4.93. The molecule has 0 atom stereocenters. The fraction of sp³-hybridized carbons (Fsp3) is 0. The van der Waals surface area contributed by atoms with E-state index in [0.717, 1.165) is 34.2 Å². The maximum absolute atomic E-state index is 6.18. The number of benzene rings is 3. The van der Waals surface area contributed by atoms with Crippen LogP contribution in [-0.2, 0) is 0 Å². The molecule has 0 radical (unpaired) electrons. The van der Waals surface area contributed by atoms with Gasteiger partial charge in [0.15, 0.2) is 11.5 Å². The van der Waals surface area contributed by atoms with Crippen molar-refractivity contribution in [3.8, 4) is 11.5 Å². The number of ether oxygens (including phenoxy) is 1. The van der Waals surface area contributed by atoms with Crippen LogP contribution in [0.15, 0.2) is 72.8 Å². The van der Waals surface area contributed by atoms with Crippen LogP contribution >= 0.6 is 0 Å². The van der Waals surface area contributed by atoms with Crippen molar-refractivity contribution in [2.75, 3.05) is 10.6 Å². The second-order valence-electron chi connectivity index (χ2n) is 4.93. The lowest BCUT2D eigenvalue weighted by Crippen LogP contribution is -2.16. The number of para-hydroxylation sites is 6. The highest BCUT2D eigenvalue weighted by molar-refractivity contribution is 5.90. The summed E-state index contributed by atoms with van der Waals surface area (Å²) < 4.78 is 5.99. The molecule has 1 aliphatic heterocycles. The number of nitrogens with zero attached hydrogens (tertiary/aromatic N) is 1. The van der Waals surface area contributed by atoms with Gasteiger partial charge in [0.05, 0.1) is 22.7 Å². The van der Waals surface area contributed by atoms with E-state index >= 15 is 0 Å². The molecule has 0 saturated heterocycles. The highest BCUT2D eigenvalue weighted by Crippen LogP contribution is 2.50. The summed E-state index contributed by atoms with van der Waals surface area (Å²) in [4.78, 5) is 2.14. The molecule has 2 N–H and O–H groups in total. The van der Waals surface area contributed by atoms with Gasteiger partial charge in [-0.2, -0.15) is 0 Å². The highest BCUT2D eigenvalue weighted by Gasteiger charge is 2.25. The first-order valence-corrected chi connectivity index (χ1v) is 6.85. The van der Waals surface area contributed by atoms with Crippen LogP contribution < -0.4 is 15.4 Å². The Balaban J connectivity index is 2.00. The third-order valence-corrected chi connectivity index (χ3v) is 3.61. The molecule has 0 saturated carbocycles. The van der Waals surface area contributed by atoms with Gasteiger partial charge in [0.25, 0.3) is 0 Å². The standard InChI is InChI=1S/C18H14N2O/c19-13-7-1-2-8-14(13)20-15-9-3-5-11-17(15)21-18-12-6-4-10-16(18)20/h1-12H,19H2. The summed E-state index contributed by atoms with van der Waals surface area (Å²) in [6.07, 6.45) is 0. The first kappa shape index (κ1) is 11.9. The number of hydrogen-bond donors (Lipinski definition) is 1. The zero-order valence-electron chi connectivity index (χ0n) is 11.4. The highest BCUT2D eigenvalue weighted by atomic mass is 16.5. The largest absolute Gasteiger partial charge is 0.453 e. The molecule has 0 spiro atoms. The first-order valence-electron chi connectivity index (χ1n) is 6.85. The molecule has 4 rings (SSSR count). The Kier molecular flexibility index (Phi) is 2.57. The zero-order chi connectivity index (χ0) is 14.2. The lowest BCUT2D eigenvalue weighted by Gasteiger charge is -2.33. The van der Waals surface area contributed by atoms with Crippen LogP contribution in [0.4, 0.5) is 22.7 Å². The molecule has 102 valence electrons. The number of nitrogens with two attached hydrogens (primary N) is 1. The summed E-state index contributed by atoms with van der Waals surface area (Å²) in [5.74, 6) is 1.67. The summed E-state index contributed by atoms with van der Waals surface area (Å²) in [6, 6.07) is 23.8. The van der Waals surface area contributed by atoms with E-state index in [1.54, 1.807) is 0 Å². The molecule has 3 heteroatoms. The predicted octanol–water partition coefficient (Wildman–Crippen LogP) is 4.84. The fourth-order valence-electron chi connectivity index (χ4n) is 2.66. The van der Waals surface area contributed by atoms with E-state index in [4.69, 9.17) is 10.5 Å². The van der Waals surface area contributed by atoms with Crippen LogP contribution in [0, 0.1) is 0 Å². The van der Waals surface area contributed by atoms with Gasteiger partial charge in [-0.15, -0.1) is 0 Å². The zero-order valence-corrected chi connectivity index (χ0v) is 11.4. The minimum atomic E-state index is 0.740. The molecule has 0 fully saturated rings. The lowest BCUT2D eigenvalue weighted by atomic mass is 10.1. The molecule has 21 heavy (non-hydrogen) atoms. The number of anilines is 4. The molecule has 0 aliphatic carbocycles. The SMILES string of the molecule is Nc1ccccc1N1c2ccccc2Oc2ccccc21. The molecule has 1 heterocycles. The van der Waals surface area contributed by atoms with E-state index < -0.39 is 0 Å². The average Bonchev–Trinajstić information content (AvgIpc) is 2.53. The monoisotopic (exact) mass is 274 g/mol. The normalized spacial score (nSPS) is 12.3. The maximum Gasteiger partial charge on any atom is 0.151 e. The molecule has 0 aromatic heterocycles. The van der Waals surface area contributed by atoms with Crippen molar-refractivity contribution in [2.45, 2.75) is 0 Å². The van der Waals surface area contributed by atoms with E-state index in [1.807, 2.05) is 72.8 Å². The Morgan fingerprint density at radius 2 is 1.10 bits per heavy atom. The summed E-state index contributed by atoms with van der Waals surface area (Å²) >= 11 is 0. The Bertz CT molecular complexity index is 753. The molecule has 0 unspecified atom stereocenters. The van der Waals surface area contributed by atoms with Gasteiger partial charge < -0.3 is 15.4 Å². The smallest absolute Gasteiger partial charge is 0.151 e. The van der Waals surface area contributed by atoms with Crippen molar-refractivity contribution in [1.29, 1.82) is 0 Å². The lowest BCUT2D eigenvalue weighted by molar-refractivity contribution is 0.477. The van der Waals surface area contributed by atoms with Crippen molar-refractivity contribution in [3.05, 3.63) is 72.8 Å². The van der Waals surface area contributed by atoms with E-state index in [0.29, 0.717) is 0 Å². The first-order chi connectivity index (χ1) is 10.3. The summed E-state index contributed by atoms with van der Waals surface area (Å²) in [5, 5.41) is 0. The van der Waals surface area contributed by atoms with Crippen molar-refractivity contribution < 1.29 is 4.74 Å². The van der Waals surface area contributed by atoms with E-state index in [2.05, 4.69) is 4.90 Å². The molecule has 3 aromatic carbocycles. The average molecular weight is 274 g/mol. The van der Waals surface area contributed by atoms with Crippen LogP contribution in [0.3, 0.4) is 0 Å². The third-order valence-electron chi connectivity index (χ3n) is 3.61. The van der Waals surface area contributed by atoms with E-state index in [-0.39, 0.29) is 0 Å². The maximum atomic E-state index is 6.18. The Labute approximate surface area is 123 Å². The Morgan fingerprint density at radius 1 is 0.619 bits per heavy atom. The summed E-state index contributed by atoms with van der Waals surface area (Å²) in [7, 11) is 0. The number of rotatable bonds is 1. The van der Waals surface area contributed by atoms with Crippen molar-refractivity contribution in [3.63, 3.8) is 0 Å². The molecule has 0 bridgehead atoms. The van der Waals surface area contributed by atoms with Crippen LogP contribution in [0.25, 0.3) is 0 Å². The number of fused-ring (bicyclic) bond motifs is 2. The third kappa shape index (κ3) is 1.82. The van der Waals surface area contributed by atoms with Gasteiger partial charge in [-0.05, 0) is 36.4 Å². The molecule has 3 nitrogen and oxygen atoms in total. The van der Waals surface area contributed by atoms with Crippen molar-refractivity contribution in [1.82, 2.24) is 0 Å². The van der Waals surface area contributed by atoms with E-state index in [1.165, 1.54) is 0 Å². The topological polar surface area (TPSA) is 38.5 Å². The number of hydrogen-bond acceptors (Lipinski definition) is 3. The van der Waals surface area contributed by atoms with Gasteiger partial charge in [0.1, 0.15) is 0 Å². The van der Waals surface area contributed by atoms with Gasteiger partial charge in [0, 0.05) is 0 Å². The van der Waals surface area contributed by atoms with Gasteiger partial charge in [-0.25, -0.2) is 0 Å². The molecule has 1 aliphatic rings. The van der Waals surface area contributed by atoms with Gasteiger partial charge in [-0.3, -0.25) is 0 Å². The van der Waals surface area contributed by atoms with Gasteiger partial charge in [-0.1, -0.05) is 36.4 Å². The summed E-state index contributed by atoms with van der Waals surface area (Å²) in [5.41, 5.74) is 9.87. The van der Waals surface area contributed by atoms with Crippen LogP contribution in [0.2, 0.25) is 0 Å².